The van der Waals surface area contributed by atoms with E-state index in [-0.39, 0.29) is 23.7 Å². The number of carbonyl (C=O) groups is 1. The summed E-state index contributed by atoms with van der Waals surface area (Å²) in [7, 11) is -0.338. The molecule has 2 atom stereocenters. The van der Waals surface area contributed by atoms with Gasteiger partial charge >= 0.3 is 6.03 Å². The molecular formula is C16H25N3O4S. The van der Waals surface area contributed by atoms with E-state index >= 15 is 0 Å². The SMILES string of the molecule is Cc1cc(C)cc(NC(=O)N[C@H]2COC[C@H]2CS(=O)(=O)N(C)C)c1. The Morgan fingerprint density at radius 1 is 1.21 bits per heavy atom. The maximum absolute atomic E-state index is 12.2. The molecule has 7 nitrogen and oxygen atoms in total. The first kappa shape index (κ1) is 18.7. The smallest absolute Gasteiger partial charge is 0.319 e. The molecule has 1 aromatic carbocycles. The summed E-state index contributed by atoms with van der Waals surface area (Å²) >= 11 is 0. The lowest BCUT2D eigenvalue weighted by atomic mass is 10.1. The topological polar surface area (TPSA) is 87.7 Å². The van der Waals surface area contributed by atoms with Crippen molar-refractivity contribution in [3.05, 3.63) is 29.3 Å². The number of ether oxygens (including phenoxy) is 1. The van der Waals surface area contributed by atoms with Crippen LogP contribution in [0.2, 0.25) is 0 Å². The molecule has 1 saturated heterocycles. The van der Waals surface area contributed by atoms with Crippen LogP contribution in [0.4, 0.5) is 10.5 Å². The molecule has 134 valence electrons. The van der Waals surface area contributed by atoms with Crippen molar-refractivity contribution < 1.29 is 17.9 Å². The zero-order chi connectivity index (χ0) is 17.9. The van der Waals surface area contributed by atoms with Crippen molar-refractivity contribution in [2.45, 2.75) is 19.9 Å². The van der Waals surface area contributed by atoms with Crippen LogP contribution in [0.25, 0.3) is 0 Å². The average Bonchev–Trinajstić information content (AvgIpc) is 2.83. The van der Waals surface area contributed by atoms with Gasteiger partial charge in [-0.15, -0.1) is 0 Å². The summed E-state index contributed by atoms with van der Waals surface area (Å²) < 4.78 is 30.6. The first-order chi connectivity index (χ1) is 11.2. The number of aryl methyl sites for hydroxylation is 2. The van der Waals surface area contributed by atoms with Gasteiger partial charge in [0.25, 0.3) is 0 Å². The van der Waals surface area contributed by atoms with Crippen LogP contribution >= 0.6 is 0 Å². The summed E-state index contributed by atoms with van der Waals surface area (Å²) in [5.41, 5.74) is 2.83. The fourth-order valence-electron chi connectivity index (χ4n) is 2.72. The Bertz CT molecular complexity index is 683. The number of nitrogens with one attached hydrogen (secondary N) is 2. The molecule has 0 aliphatic carbocycles. The van der Waals surface area contributed by atoms with Crippen LogP contribution in [0.1, 0.15) is 11.1 Å². The number of hydrogen-bond acceptors (Lipinski definition) is 4. The van der Waals surface area contributed by atoms with Gasteiger partial charge in [-0.2, -0.15) is 0 Å². The van der Waals surface area contributed by atoms with Crippen LogP contribution in [0.5, 0.6) is 0 Å². The lowest BCUT2D eigenvalue weighted by Gasteiger charge is -2.21. The molecule has 0 aromatic heterocycles. The molecule has 1 aliphatic rings. The minimum atomic E-state index is -3.34. The maximum Gasteiger partial charge on any atom is 0.319 e. The first-order valence-electron chi connectivity index (χ1n) is 7.81. The number of carbonyl (C=O) groups excluding carboxylic acids is 1. The summed E-state index contributed by atoms with van der Waals surface area (Å²) in [5.74, 6) is -0.309. The van der Waals surface area contributed by atoms with E-state index in [0.29, 0.717) is 18.9 Å². The molecule has 1 heterocycles. The zero-order valence-corrected chi connectivity index (χ0v) is 15.3. The van der Waals surface area contributed by atoms with Crippen molar-refractivity contribution in [2.75, 3.05) is 38.4 Å². The van der Waals surface area contributed by atoms with Crippen molar-refractivity contribution in [2.24, 2.45) is 5.92 Å². The van der Waals surface area contributed by atoms with Gasteiger partial charge in [0.15, 0.2) is 0 Å². The number of benzene rings is 1. The van der Waals surface area contributed by atoms with Gasteiger partial charge in [0.05, 0.1) is 25.0 Å². The molecule has 2 rings (SSSR count). The van der Waals surface area contributed by atoms with E-state index in [9.17, 15) is 13.2 Å². The van der Waals surface area contributed by atoms with Crippen LogP contribution in [0.3, 0.4) is 0 Å². The molecule has 0 bridgehead atoms. The van der Waals surface area contributed by atoms with E-state index in [1.165, 1.54) is 18.4 Å². The van der Waals surface area contributed by atoms with Crippen LogP contribution < -0.4 is 10.6 Å². The Hall–Kier alpha value is -1.64. The summed E-state index contributed by atoms with van der Waals surface area (Å²) in [6, 6.07) is 5.10. The summed E-state index contributed by atoms with van der Waals surface area (Å²) in [6.07, 6.45) is 0. The van der Waals surface area contributed by atoms with Gasteiger partial charge in [0.2, 0.25) is 10.0 Å². The first-order valence-corrected chi connectivity index (χ1v) is 9.42. The summed E-state index contributed by atoms with van der Waals surface area (Å²) in [5, 5.41) is 5.61. The van der Waals surface area contributed by atoms with Crippen LogP contribution in [0.15, 0.2) is 18.2 Å². The standard InChI is InChI=1S/C16H25N3O4S/c1-11-5-12(2)7-14(6-11)17-16(20)18-15-9-23-8-13(15)10-24(21,22)19(3)4/h5-7,13,15H,8-10H2,1-4H3,(H2,17,18,20)/t13-,15-/m0/s1. The van der Waals surface area contributed by atoms with Crippen molar-refractivity contribution in [3.63, 3.8) is 0 Å². The molecular weight excluding hydrogens is 330 g/mol. The predicted octanol–water partition coefficient (Wildman–Crippen LogP) is 1.33. The maximum atomic E-state index is 12.2. The number of rotatable bonds is 5. The van der Waals surface area contributed by atoms with Gasteiger partial charge in [0, 0.05) is 25.7 Å². The van der Waals surface area contributed by atoms with Gasteiger partial charge in [-0.25, -0.2) is 17.5 Å². The number of urea groups is 1. The minimum absolute atomic E-state index is 0.0471. The number of nitrogens with zero attached hydrogens (tertiary/aromatic N) is 1. The third kappa shape index (κ3) is 4.93. The Labute approximate surface area is 143 Å². The van der Waals surface area contributed by atoms with Crippen molar-refractivity contribution >= 4 is 21.7 Å². The lowest BCUT2D eigenvalue weighted by molar-refractivity contribution is 0.184. The van der Waals surface area contributed by atoms with E-state index < -0.39 is 10.0 Å². The highest BCUT2D eigenvalue weighted by atomic mass is 32.2. The van der Waals surface area contributed by atoms with Gasteiger partial charge < -0.3 is 15.4 Å². The van der Waals surface area contributed by atoms with Crippen LogP contribution in [0, 0.1) is 19.8 Å². The molecule has 0 unspecified atom stereocenters. The third-order valence-corrected chi connectivity index (χ3v) is 5.94. The fraction of sp³-hybridized carbons (Fsp3) is 0.562. The Balaban J connectivity index is 1.97. The minimum Gasteiger partial charge on any atom is -0.379 e. The molecule has 1 fully saturated rings. The highest BCUT2D eigenvalue weighted by molar-refractivity contribution is 7.89. The van der Waals surface area contributed by atoms with E-state index in [1.54, 1.807) is 0 Å². The zero-order valence-electron chi connectivity index (χ0n) is 14.5. The normalized spacial score (nSPS) is 21.0. The third-order valence-electron chi connectivity index (χ3n) is 3.98. The average molecular weight is 355 g/mol. The highest BCUT2D eigenvalue weighted by Gasteiger charge is 2.34. The summed E-state index contributed by atoms with van der Waals surface area (Å²) in [4.78, 5) is 12.2. The molecule has 1 aliphatic heterocycles. The van der Waals surface area contributed by atoms with Gasteiger partial charge in [-0.1, -0.05) is 6.07 Å². The second kappa shape index (κ2) is 7.50. The fourth-order valence-corrected chi connectivity index (χ4v) is 3.89. The largest absolute Gasteiger partial charge is 0.379 e. The van der Waals surface area contributed by atoms with E-state index in [4.69, 9.17) is 4.74 Å². The Morgan fingerprint density at radius 3 is 2.42 bits per heavy atom. The van der Waals surface area contributed by atoms with E-state index in [0.717, 1.165) is 11.1 Å². The van der Waals surface area contributed by atoms with Crippen molar-refractivity contribution in [1.82, 2.24) is 9.62 Å². The molecule has 1 aromatic rings. The van der Waals surface area contributed by atoms with Gasteiger partial charge in [-0.3, -0.25) is 0 Å². The molecule has 24 heavy (non-hydrogen) atoms. The quantitative estimate of drug-likeness (QED) is 0.834. The monoisotopic (exact) mass is 355 g/mol. The number of anilines is 1. The number of sulfonamides is 1. The van der Waals surface area contributed by atoms with Crippen LogP contribution in [-0.2, 0) is 14.8 Å². The molecule has 8 heteroatoms. The molecule has 2 N–H and O–H groups in total. The molecule has 0 spiro atoms. The van der Waals surface area contributed by atoms with Gasteiger partial charge in [0.1, 0.15) is 0 Å². The number of hydrogen-bond donors (Lipinski definition) is 2. The van der Waals surface area contributed by atoms with E-state index in [2.05, 4.69) is 10.6 Å². The number of amides is 2. The Morgan fingerprint density at radius 2 is 1.83 bits per heavy atom. The van der Waals surface area contributed by atoms with Gasteiger partial charge in [-0.05, 0) is 37.1 Å². The van der Waals surface area contributed by atoms with Crippen LogP contribution in [-0.4, -0.2) is 57.9 Å². The highest BCUT2D eigenvalue weighted by Crippen LogP contribution is 2.18. The lowest BCUT2D eigenvalue weighted by Crippen LogP contribution is -2.45. The van der Waals surface area contributed by atoms with E-state index in [1.807, 2.05) is 32.0 Å². The molecule has 0 saturated carbocycles. The molecule has 0 radical (unpaired) electrons. The second-order valence-electron chi connectivity index (χ2n) is 6.44. The predicted molar refractivity (Wildman–Crippen MR) is 93.6 cm³/mol. The Kier molecular flexibility index (Phi) is 5.84. The second-order valence-corrected chi connectivity index (χ2v) is 8.67. The van der Waals surface area contributed by atoms with Crippen molar-refractivity contribution in [1.29, 1.82) is 0 Å². The molecule has 2 amide bonds. The summed E-state index contributed by atoms with van der Waals surface area (Å²) in [6.45, 7) is 4.56. The van der Waals surface area contributed by atoms with Crippen molar-refractivity contribution in [3.8, 4) is 0 Å².